The molecule has 2 atom stereocenters. The maximum Gasteiger partial charge on any atom is 0.0297 e. The van der Waals surface area contributed by atoms with E-state index >= 15 is 0 Å². The Morgan fingerprint density at radius 2 is 1.53 bits per heavy atom. The Balaban J connectivity index is 2.06. The van der Waals surface area contributed by atoms with Crippen LogP contribution in [0.4, 0.5) is 0 Å². The predicted octanol–water partition coefficient (Wildman–Crippen LogP) is 5.01. The molecule has 0 aliphatic rings. The molecule has 2 aromatic rings. The lowest BCUT2D eigenvalue weighted by Crippen LogP contribution is -2.22. The maximum absolute atomic E-state index is 3.66. The van der Waals surface area contributed by atoms with Crippen molar-refractivity contribution in [3.63, 3.8) is 0 Å². The first-order valence-corrected chi connectivity index (χ1v) is 7.72. The second-order valence-corrected chi connectivity index (χ2v) is 6.32. The van der Waals surface area contributed by atoms with Gasteiger partial charge in [-0.3, -0.25) is 0 Å². The molecule has 1 N–H and O–H groups in total. The van der Waals surface area contributed by atoms with E-state index in [-0.39, 0.29) is 0 Å². The van der Waals surface area contributed by atoms with Crippen LogP contribution in [0.1, 0.15) is 42.6 Å². The summed E-state index contributed by atoms with van der Waals surface area (Å²) in [6, 6.07) is 18.1. The summed E-state index contributed by atoms with van der Waals surface area (Å²) in [7, 11) is 0. The van der Waals surface area contributed by atoms with Crippen molar-refractivity contribution in [3.8, 4) is 0 Å². The molecule has 19 heavy (non-hydrogen) atoms. The van der Waals surface area contributed by atoms with E-state index in [4.69, 9.17) is 0 Å². The van der Waals surface area contributed by atoms with E-state index in [0.717, 1.165) is 0 Å². The predicted molar refractivity (Wildman–Crippen MR) is 90.3 cm³/mol. The van der Waals surface area contributed by atoms with Gasteiger partial charge in [0.15, 0.2) is 0 Å². The van der Waals surface area contributed by atoms with Gasteiger partial charge in [0.25, 0.3) is 0 Å². The molecule has 0 saturated carbocycles. The van der Waals surface area contributed by atoms with Crippen LogP contribution >= 0.6 is 22.6 Å². The van der Waals surface area contributed by atoms with E-state index < -0.39 is 0 Å². The van der Waals surface area contributed by atoms with Gasteiger partial charge in [-0.15, -0.1) is 0 Å². The van der Waals surface area contributed by atoms with Crippen molar-refractivity contribution in [2.75, 3.05) is 0 Å². The summed E-state index contributed by atoms with van der Waals surface area (Å²) in [4.78, 5) is 0. The Morgan fingerprint density at radius 1 is 0.895 bits per heavy atom. The fourth-order valence-corrected chi connectivity index (χ4v) is 2.62. The standard InChI is InChI=1S/C17H20IN/c1-12-5-4-6-16(11-12)14(3)19-13(2)15-7-9-17(18)10-8-15/h4-11,13-14,19H,1-3H3/t13?,14-/m0/s1. The van der Waals surface area contributed by atoms with Gasteiger partial charge in [0.1, 0.15) is 0 Å². The number of hydrogen-bond acceptors (Lipinski definition) is 1. The van der Waals surface area contributed by atoms with Crippen molar-refractivity contribution in [3.05, 3.63) is 68.8 Å². The molecule has 1 nitrogen and oxygen atoms in total. The van der Waals surface area contributed by atoms with Gasteiger partial charge >= 0.3 is 0 Å². The average Bonchev–Trinajstić information content (AvgIpc) is 2.39. The van der Waals surface area contributed by atoms with E-state index in [0.29, 0.717) is 12.1 Å². The van der Waals surface area contributed by atoms with Crippen LogP contribution in [0.5, 0.6) is 0 Å². The largest absolute Gasteiger partial charge is 0.304 e. The van der Waals surface area contributed by atoms with Crippen molar-refractivity contribution in [2.24, 2.45) is 0 Å². The minimum Gasteiger partial charge on any atom is -0.304 e. The molecule has 0 aliphatic carbocycles. The highest BCUT2D eigenvalue weighted by molar-refractivity contribution is 14.1. The third kappa shape index (κ3) is 4.05. The second kappa shape index (κ2) is 6.53. The zero-order chi connectivity index (χ0) is 13.8. The van der Waals surface area contributed by atoms with Gasteiger partial charge in [-0.25, -0.2) is 0 Å². The van der Waals surface area contributed by atoms with Crippen LogP contribution in [0.2, 0.25) is 0 Å². The molecule has 1 unspecified atom stereocenters. The smallest absolute Gasteiger partial charge is 0.0297 e. The molecular weight excluding hydrogens is 345 g/mol. The first-order valence-electron chi connectivity index (χ1n) is 6.64. The van der Waals surface area contributed by atoms with Crippen molar-refractivity contribution < 1.29 is 0 Å². The summed E-state index contributed by atoms with van der Waals surface area (Å²) in [6.07, 6.45) is 0. The van der Waals surface area contributed by atoms with Crippen LogP contribution in [0.15, 0.2) is 48.5 Å². The zero-order valence-corrected chi connectivity index (χ0v) is 13.8. The van der Waals surface area contributed by atoms with Crippen LogP contribution in [-0.2, 0) is 0 Å². The van der Waals surface area contributed by atoms with E-state index in [1.54, 1.807) is 0 Å². The number of aryl methyl sites for hydroxylation is 1. The summed E-state index contributed by atoms with van der Waals surface area (Å²) in [5, 5.41) is 3.66. The Labute approximate surface area is 129 Å². The Bertz CT molecular complexity index is 533. The fourth-order valence-electron chi connectivity index (χ4n) is 2.26. The molecule has 0 heterocycles. The number of hydrogen-bond donors (Lipinski definition) is 1. The van der Waals surface area contributed by atoms with Crippen LogP contribution in [0.3, 0.4) is 0 Å². The highest BCUT2D eigenvalue weighted by atomic mass is 127. The minimum atomic E-state index is 0.354. The molecule has 2 heteroatoms. The van der Waals surface area contributed by atoms with Gasteiger partial charge in [0.05, 0.1) is 0 Å². The Morgan fingerprint density at radius 3 is 2.16 bits per heavy atom. The first kappa shape index (κ1) is 14.5. The van der Waals surface area contributed by atoms with Crippen molar-refractivity contribution >= 4 is 22.6 Å². The first-order chi connectivity index (χ1) is 9.06. The summed E-state index contributed by atoms with van der Waals surface area (Å²) >= 11 is 2.34. The molecule has 0 aromatic heterocycles. The van der Waals surface area contributed by atoms with E-state index in [1.165, 1.54) is 20.3 Å². The normalized spacial score (nSPS) is 14.1. The topological polar surface area (TPSA) is 12.0 Å². The SMILES string of the molecule is Cc1cccc([C@H](C)NC(C)c2ccc(I)cc2)c1. The molecule has 0 saturated heterocycles. The van der Waals surface area contributed by atoms with Gasteiger partial charge in [0, 0.05) is 15.7 Å². The molecule has 0 radical (unpaired) electrons. The highest BCUT2D eigenvalue weighted by Crippen LogP contribution is 2.20. The van der Waals surface area contributed by atoms with E-state index in [1.807, 2.05) is 0 Å². The summed E-state index contributed by atoms with van der Waals surface area (Å²) in [6.45, 7) is 6.57. The quantitative estimate of drug-likeness (QED) is 0.751. The molecule has 0 fully saturated rings. The Kier molecular flexibility index (Phi) is 4.99. The maximum atomic E-state index is 3.66. The molecular formula is C17H20IN. The lowest BCUT2D eigenvalue weighted by Gasteiger charge is -2.21. The highest BCUT2D eigenvalue weighted by Gasteiger charge is 2.11. The van der Waals surface area contributed by atoms with Crippen LogP contribution < -0.4 is 5.32 Å². The summed E-state index contributed by atoms with van der Waals surface area (Å²) in [5.74, 6) is 0. The molecule has 0 spiro atoms. The molecule has 0 bridgehead atoms. The lowest BCUT2D eigenvalue weighted by atomic mass is 10.0. The van der Waals surface area contributed by atoms with Crippen molar-refractivity contribution in [2.45, 2.75) is 32.9 Å². The zero-order valence-electron chi connectivity index (χ0n) is 11.7. The second-order valence-electron chi connectivity index (χ2n) is 5.08. The average molecular weight is 365 g/mol. The minimum absolute atomic E-state index is 0.354. The molecule has 0 amide bonds. The Hall–Kier alpha value is -0.870. The van der Waals surface area contributed by atoms with Crippen LogP contribution in [0, 0.1) is 10.5 Å². The number of rotatable bonds is 4. The van der Waals surface area contributed by atoms with Gasteiger partial charge in [-0.05, 0) is 66.6 Å². The van der Waals surface area contributed by atoms with Gasteiger partial charge in [0.2, 0.25) is 0 Å². The summed E-state index contributed by atoms with van der Waals surface area (Å²) in [5.41, 5.74) is 3.99. The van der Waals surface area contributed by atoms with Crippen molar-refractivity contribution in [1.29, 1.82) is 0 Å². The van der Waals surface area contributed by atoms with E-state index in [2.05, 4.69) is 97.2 Å². The van der Waals surface area contributed by atoms with Crippen molar-refractivity contribution in [1.82, 2.24) is 5.32 Å². The number of benzene rings is 2. The summed E-state index contributed by atoms with van der Waals surface area (Å²) < 4.78 is 1.28. The third-order valence-electron chi connectivity index (χ3n) is 3.41. The molecule has 2 rings (SSSR count). The van der Waals surface area contributed by atoms with Gasteiger partial charge in [-0.2, -0.15) is 0 Å². The molecule has 100 valence electrons. The van der Waals surface area contributed by atoms with Crippen LogP contribution in [-0.4, -0.2) is 0 Å². The van der Waals surface area contributed by atoms with Gasteiger partial charge < -0.3 is 5.32 Å². The van der Waals surface area contributed by atoms with Gasteiger partial charge in [-0.1, -0.05) is 42.0 Å². The molecule has 2 aromatic carbocycles. The third-order valence-corrected chi connectivity index (χ3v) is 4.13. The van der Waals surface area contributed by atoms with Crippen LogP contribution in [0.25, 0.3) is 0 Å². The van der Waals surface area contributed by atoms with E-state index in [9.17, 15) is 0 Å². The fraction of sp³-hybridized carbons (Fsp3) is 0.294. The lowest BCUT2D eigenvalue weighted by molar-refractivity contribution is 0.494. The molecule has 0 aliphatic heterocycles. The number of halogens is 1. The monoisotopic (exact) mass is 365 g/mol. The number of nitrogens with one attached hydrogen (secondary N) is 1.